The molecule has 5 rings (SSSR count). The summed E-state index contributed by atoms with van der Waals surface area (Å²) in [5.41, 5.74) is 2.90. The number of hydrogen-bond donors (Lipinski definition) is 1. The first-order valence-electron chi connectivity index (χ1n) is 17.3. The number of rotatable bonds is 10. The van der Waals surface area contributed by atoms with Crippen molar-refractivity contribution in [1.82, 2.24) is 4.98 Å². The number of ketones is 1. The molecule has 0 saturated carbocycles. The van der Waals surface area contributed by atoms with Crippen LogP contribution in [0.25, 0.3) is 42.2 Å². The molecule has 0 aliphatic carbocycles. The molecular weight excluding hydrogens is 803 g/mol. The second-order valence-corrected chi connectivity index (χ2v) is 21.0. The molecule has 1 radical (unpaired) electrons. The molecule has 2 heterocycles. The van der Waals surface area contributed by atoms with E-state index in [1.807, 2.05) is 59.1 Å². The predicted octanol–water partition coefficient (Wildman–Crippen LogP) is 12.4. The fourth-order valence-electron chi connectivity index (χ4n) is 5.94. The van der Waals surface area contributed by atoms with Crippen molar-refractivity contribution in [3.8, 4) is 11.3 Å². The summed E-state index contributed by atoms with van der Waals surface area (Å²) in [6.07, 6.45) is 6.70. The van der Waals surface area contributed by atoms with E-state index < -0.39 is 8.07 Å². The van der Waals surface area contributed by atoms with E-state index in [1.54, 1.807) is 0 Å². The fraction of sp³-hybridized carbons (Fsp3) is 0.429. The van der Waals surface area contributed by atoms with Crippen LogP contribution in [-0.2, 0) is 24.9 Å². The van der Waals surface area contributed by atoms with E-state index in [0.717, 1.165) is 42.3 Å². The number of aliphatic hydroxyl groups is 1. The van der Waals surface area contributed by atoms with E-state index in [1.165, 1.54) is 42.4 Å². The molecule has 3 nitrogen and oxygen atoms in total. The average molecular weight is 857 g/mol. The van der Waals surface area contributed by atoms with Gasteiger partial charge in [0.05, 0.1) is 8.07 Å². The first kappa shape index (κ1) is 39.8. The maximum absolute atomic E-state index is 12.2. The number of aromatic nitrogens is 1. The Morgan fingerprint density at radius 3 is 2.10 bits per heavy atom. The zero-order valence-corrected chi connectivity index (χ0v) is 35.0. The van der Waals surface area contributed by atoms with Gasteiger partial charge in [0.1, 0.15) is 5.76 Å². The first-order chi connectivity index (χ1) is 22.1. The molecule has 48 heavy (non-hydrogen) atoms. The van der Waals surface area contributed by atoms with Crippen LogP contribution in [0.15, 0.2) is 72.6 Å². The fourth-order valence-corrected chi connectivity index (χ4v) is 8.34. The molecule has 0 spiro atoms. The number of carbonyl (C=O) groups excluding carboxylic acids is 1. The number of benzene rings is 3. The van der Waals surface area contributed by atoms with Gasteiger partial charge in [0.25, 0.3) is 0 Å². The van der Waals surface area contributed by atoms with Crippen molar-refractivity contribution in [3.05, 3.63) is 84.3 Å². The van der Waals surface area contributed by atoms with Crippen LogP contribution in [0.4, 0.5) is 0 Å². The summed E-state index contributed by atoms with van der Waals surface area (Å²) in [5, 5.41) is 16.7. The topological polar surface area (TPSA) is 50.2 Å². The minimum Gasteiger partial charge on any atom is -0.512 e. The number of hydrogen-bond acceptors (Lipinski definition) is 4. The largest absolute Gasteiger partial charge is 0.512 e. The quantitative estimate of drug-likeness (QED) is 0.0659. The number of fused-ring (bicyclic) bond motifs is 4. The van der Waals surface area contributed by atoms with Crippen LogP contribution in [0.1, 0.15) is 92.6 Å². The molecule has 259 valence electrons. The molecule has 1 N–H and O–H groups in total. The van der Waals surface area contributed by atoms with Gasteiger partial charge in [-0.2, -0.15) is 0 Å². The monoisotopic (exact) mass is 857 g/mol. The van der Waals surface area contributed by atoms with Gasteiger partial charge in [-0.25, -0.2) is 0 Å². The number of carbonyl (C=O) groups is 1. The second kappa shape index (κ2) is 15.9. The summed E-state index contributed by atoms with van der Waals surface area (Å²) < 4.78 is 2.67. The van der Waals surface area contributed by atoms with Gasteiger partial charge in [-0.05, 0) is 54.5 Å². The Morgan fingerprint density at radius 2 is 1.52 bits per heavy atom. The minimum absolute atomic E-state index is 0. The van der Waals surface area contributed by atoms with Gasteiger partial charge in [0.15, 0.2) is 5.78 Å². The van der Waals surface area contributed by atoms with E-state index >= 15 is 0 Å². The number of thiophene rings is 1. The second-order valence-electron chi connectivity index (χ2n) is 14.9. The molecule has 0 aliphatic rings. The van der Waals surface area contributed by atoms with Gasteiger partial charge in [-0.3, -0.25) is 9.78 Å². The van der Waals surface area contributed by atoms with Crippen molar-refractivity contribution in [2.45, 2.75) is 107 Å². The average Bonchev–Trinajstić information content (AvgIpc) is 3.45. The van der Waals surface area contributed by atoms with Crippen molar-refractivity contribution in [2.24, 2.45) is 10.8 Å². The Morgan fingerprint density at radius 1 is 0.896 bits per heavy atom. The molecular formula is C42H54IrNO2SSi-. The van der Waals surface area contributed by atoms with Crippen molar-refractivity contribution in [1.29, 1.82) is 0 Å². The van der Waals surface area contributed by atoms with E-state index in [0.29, 0.717) is 5.92 Å². The molecule has 3 aromatic carbocycles. The van der Waals surface area contributed by atoms with Crippen LogP contribution in [0.3, 0.4) is 0 Å². The van der Waals surface area contributed by atoms with Crippen LogP contribution in [0.5, 0.6) is 0 Å². The summed E-state index contributed by atoms with van der Waals surface area (Å²) in [4.78, 5) is 17.0. The maximum atomic E-state index is 12.2. The smallest absolute Gasteiger partial charge is 0.164 e. The number of allylic oxidation sites excluding steroid dienone is 2. The van der Waals surface area contributed by atoms with Crippen molar-refractivity contribution >= 4 is 61.3 Å². The third kappa shape index (κ3) is 8.21. The molecule has 0 bridgehead atoms. The molecule has 6 heteroatoms. The molecule has 0 aliphatic heterocycles. The number of aliphatic hydroxyl groups excluding tert-OH is 1. The molecule has 0 atom stereocenters. The molecule has 2 aromatic heterocycles. The molecule has 0 unspecified atom stereocenters. The van der Waals surface area contributed by atoms with Crippen LogP contribution in [0.2, 0.25) is 19.6 Å². The van der Waals surface area contributed by atoms with E-state index in [4.69, 9.17) is 4.98 Å². The van der Waals surface area contributed by atoms with Gasteiger partial charge in [-0.15, -0.1) is 40.5 Å². The maximum Gasteiger partial charge on any atom is 0.164 e. The van der Waals surface area contributed by atoms with Crippen LogP contribution in [-0.4, -0.2) is 23.9 Å². The third-order valence-corrected chi connectivity index (χ3v) is 13.7. The predicted molar refractivity (Wildman–Crippen MR) is 209 cm³/mol. The van der Waals surface area contributed by atoms with Crippen molar-refractivity contribution in [2.75, 3.05) is 0 Å². The molecule has 5 aromatic rings. The Bertz CT molecular complexity index is 1910. The molecule has 0 amide bonds. The van der Waals surface area contributed by atoms with Gasteiger partial charge < -0.3 is 5.11 Å². The Hall–Kier alpha value is -2.63. The third-order valence-electron chi connectivity index (χ3n) is 10.5. The van der Waals surface area contributed by atoms with Crippen LogP contribution >= 0.6 is 11.3 Å². The van der Waals surface area contributed by atoms with Gasteiger partial charge in [0, 0.05) is 58.3 Å². The minimum atomic E-state index is -1.34. The summed E-state index contributed by atoms with van der Waals surface area (Å²) in [6.45, 7) is 23.8. The standard InChI is InChI=1S/C27H26NSSi.C15H28O2.Ir/c1-17(2)23-15-19(14-18-8-6-7-9-21(18)23)27-26-22-11-10-20(30(3,4)5)16-25(22)29-24(26)12-13-28-27;1-7-14(5,8-2)12(16)11-13(17)15(6,9-3)10-4;/h6-13,15-17H,1-5H3;11,16H,7-10H2,1-6H3;/q-1;;/b;12-11-;. The van der Waals surface area contributed by atoms with Crippen LogP contribution < -0.4 is 5.19 Å². The van der Waals surface area contributed by atoms with Gasteiger partial charge in [0.2, 0.25) is 0 Å². The van der Waals surface area contributed by atoms with E-state index in [2.05, 4.69) is 94.2 Å². The summed E-state index contributed by atoms with van der Waals surface area (Å²) >= 11 is 1.88. The van der Waals surface area contributed by atoms with Crippen molar-refractivity contribution < 1.29 is 30.0 Å². The van der Waals surface area contributed by atoms with E-state index in [-0.39, 0.29) is 42.5 Å². The number of nitrogens with zero attached hydrogens (tertiary/aromatic N) is 1. The first-order valence-corrected chi connectivity index (χ1v) is 21.7. The summed E-state index contributed by atoms with van der Waals surface area (Å²) in [5.74, 6) is 0.731. The summed E-state index contributed by atoms with van der Waals surface area (Å²) in [7, 11) is -1.34. The SMILES string of the molecule is CC(C)c1cc(-c2nccc3sc4cc([Si](C)(C)C)ccc4c23)[c-]c2ccccc12.CCC(C)(CC)C(=O)/C=C(\O)C(C)(CC)CC.[Ir]. The van der Waals surface area contributed by atoms with E-state index in [9.17, 15) is 9.90 Å². The van der Waals surface area contributed by atoms with Crippen LogP contribution in [0, 0.1) is 16.9 Å². The van der Waals surface area contributed by atoms with Crippen molar-refractivity contribution in [3.63, 3.8) is 0 Å². The van der Waals surface area contributed by atoms with Gasteiger partial charge in [-0.1, -0.05) is 121 Å². The Kier molecular flexibility index (Phi) is 13.2. The normalized spacial score (nSPS) is 12.7. The summed E-state index contributed by atoms with van der Waals surface area (Å²) in [6, 6.07) is 23.8. The number of pyridine rings is 1. The van der Waals surface area contributed by atoms with Gasteiger partial charge >= 0.3 is 0 Å². The zero-order valence-electron chi connectivity index (χ0n) is 30.8. The molecule has 0 saturated heterocycles. The zero-order chi connectivity index (χ0) is 34.7. The molecule has 0 fully saturated rings. The Balaban J connectivity index is 0.000000301. The Labute approximate surface area is 307 Å².